The number of hydrogen-bond acceptors (Lipinski definition) is 2. The van der Waals surface area contributed by atoms with Gasteiger partial charge in [-0.25, -0.2) is 0 Å². The van der Waals surface area contributed by atoms with Gasteiger partial charge in [0, 0.05) is 6.04 Å². The highest BCUT2D eigenvalue weighted by atomic mass is 16.3. The highest BCUT2D eigenvalue weighted by Gasteiger charge is 2.15. The van der Waals surface area contributed by atoms with E-state index in [1.54, 1.807) is 6.07 Å². The lowest BCUT2D eigenvalue weighted by Gasteiger charge is -2.13. The van der Waals surface area contributed by atoms with Gasteiger partial charge in [0.2, 0.25) is 0 Å². The van der Waals surface area contributed by atoms with Crippen molar-refractivity contribution in [2.24, 2.45) is 0 Å². The molecule has 1 amide bonds. The second-order valence-corrected chi connectivity index (χ2v) is 5.05. The van der Waals surface area contributed by atoms with Crippen LogP contribution in [0.1, 0.15) is 67.8 Å². The molecule has 18 heavy (non-hydrogen) atoms. The predicted octanol–water partition coefficient (Wildman–Crippen LogP) is 3.99. The van der Waals surface area contributed by atoms with Gasteiger partial charge in [-0.3, -0.25) is 4.79 Å². The molecule has 0 aliphatic rings. The van der Waals surface area contributed by atoms with Crippen LogP contribution in [0.5, 0.6) is 0 Å². The van der Waals surface area contributed by atoms with E-state index in [-0.39, 0.29) is 11.9 Å². The van der Waals surface area contributed by atoms with Crippen molar-refractivity contribution in [1.82, 2.24) is 5.32 Å². The molecule has 0 aliphatic carbocycles. The fourth-order valence-electron chi connectivity index (χ4n) is 2.11. The number of carbonyl (C=O) groups is 1. The molecule has 0 aromatic carbocycles. The molecule has 1 aromatic rings. The van der Waals surface area contributed by atoms with E-state index in [9.17, 15) is 4.79 Å². The van der Waals surface area contributed by atoms with Gasteiger partial charge in [-0.15, -0.1) is 0 Å². The van der Waals surface area contributed by atoms with Gasteiger partial charge >= 0.3 is 0 Å². The van der Waals surface area contributed by atoms with Gasteiger partial charge in [-0.2, -0.15) is 0 Å². The molecule has 0 saturated heterocycles. The summed E-state index contributed by atoms with van der Waals surface area (Å²) in [6, 6.07) is 2.03. The highest BCUT2D eigenvalue weighted by molar-refractivity contribution is 5.95. The fourth-order valence-corrected chi connectivity index (χ4v) is 2.11. The molecule has 1 unspecified atom stereocenters. The minimum Gasteiger partial charge on any atom is -0.466 e. The SMILES string of the molecule is CCCCCCC(C)NC(=O)c1cc(C)oc1C. The van der Waals surface area contributed by atoms with Crippen molar-refractivity contribution >= 4 is 5.91 Å². The highest BCUT2D eigenvalue weighted by Crippen LogP contribution is 2.14. The van der Waals surface area contributed by atoms with Crippen LogP contribution in [0.15, 0.2) is 10.5 Å². The molecule has 1 aromatic heterocycles. The van der Waals surface area contributed by atoms with Gasteiger partial charge in [-0.05, 0) is 33.3 Å². The Morgan fingerprint density at radius 2 is 2.06 bits per heavy atom. The summed E-state index contributed by atoms with van der Waals surface area (Å²) in [6.07, 6.45) is 6.00. The first kappa shape index (κ1) is 14.8. The minimum atomic E-state index is -0.0210. The summed E-state index contributed by atoms with van der Waals surface area (Å²) in [4.78, 5) is 12.0. The average Bonchev–Trinajstić information content (AvgIpc) is 2.64. The second kappa shape index (κ2) is 7.24. The molecule has 1 N–H and O–H groups in total. The summed E-state index contributed by atoms with van der Waals surface area (Å²) in [7, 11) is 0. The van der Waals surface area contributed by atoms with Crippen LogP contribution in [-0.4, -0.2) is 11.9 Å². The Bertz CT molecular complexity index is 382. The largest absolute Gasteiger partial charge is 0.466 e. The van der Waals surface area contributed by atoms with Crippen LogP contribution in [0.3, 0.4) is 0 Å². The molecule has 0 saturated carbocycles. The van der Waals surface area contributed by atoms with Crippen molar-refractivity contribution in [3.8, 4) is 0 Å². The van der Waals surface area contributed by atoms with E-state index in [1.807, 2.05) is 13.8 Å². The molecule has 0 aliphatic heterocycles. The fraction of sp³-hybridized carbons (Fsp3) is 0.667. The zero-order chi connectivity index (χ0) is 13.5. The van der Waals surface area contributed by atoms with E-state index < -0.39 is 0 Å². The molecule has 0 radical (unpaired) electrons. The molecule has 0 bridgehead atoms. The summed E-state index contributed by atoms with van der Waals surface area (Å²) >= 11 is 0. The number of unbranched alkanes of at least 4 members (excludes halogenated alkanes) is 3. The number of amides is 1. The van der Waals surface area contributed by atoms with Gasteiger partial charge in [0.1, 0.15) is 11.5 Å². The quantitative estimate of drug-likeness (QED) is 0.745. The first-order valence-corrected chi connectivity index (χ1v) is 6.92. The summed E-state index contributed by atoms with van der Waals surface area (Å²) in [5.41, 5.74) is 0.660. The van der Waals surface area contributed by atoms with Crippen LogP contribution in [0.2, 0.25) is 0 Å². The van der Waals surface area contributed by atoms with Crippen molar-refractivity contribution in [1.29, 1.82) is 0 Å². The van der Waals surface area contributed by atoms with Crippen LogP contribution in [0, 0.1) is 13.8 Å². The Morgan fingerprint density at radius 1 is 1.33 bits per heavy atom. The lowest BCUT2D eigenvalue weighted by Crippen LogP contribution is -2.32. The molecular weight excluding hydrogens is 226 g/mol. The maximum atomic E-state index is 12.0. The van der Waals surface area contributed by atoms with E-state index in [0.29, 0.717) is 11.3 Å². The topological polar surface area (TPSA) is 42.2 Å². The summed E-state index contributed by atoms with van der Waals surface area (Å²) in [5, 5.41) is 3.03. The van der Waals surface area contributed by atoms with Crippen molar-refractivity contribution < 1.29 is 9.21 Å². The van der Waals surface area contributed by atoms with E-state index in [0.717, 1.165) is 12.2 Å². The zero-order valence-corrected chi connectivity index (χ0v) is 12.0. The molecule has 1 atom stereocenters. The molecule has 1 heterocycles. The van der Waals surface area contributed by atoms with Crippen molar-refractivity contribution in [2.45, 2.75) is 65.8 Å². The van der Waals surface area contributed by atoms with Crippen LogP contribution in [-0.2, 0) is 0 Å². The van der Waals surface area contributed by atoms with Crippen LogP contribution < -0.4 is 5.32 Å². The Balaban J connectivity index is 2.37. The number of hydrogen-bond donors (Lipinski definition) is 1. The third kappa shape index (κ3) is 4.55. The molecule has 102 valence electrons. The van der Waals surface area contributed by atoms with E-state index in [2.05, 4.69) is 19.2 Å². The Morgan fingerprint density at radius 3 is 2.61 bits per heavy atom. The third-order valence-corrected chi connectivity index (χ3v) is 3.15. The molecular formula is C15H25NO2. The molecule has 0 spiro atoms. The van der Waals surface area contributed by atoms with Gasteiger partial charge in [0.25, 0.3) is 5.91 Å². The zero-order valence-electron chi connectivity index (χ0n) is 12.0. The van der Waals surface area contributed by atoms with Crippen molar-refractivity contribution in [3.63, 3.8) is 0 Å². The van der Waals surface area contributed by atoms with Crippen LogP contribution in [0.4, 0.5) is 0 Å². The number of furan rings is 1. The van der Waals surface area contributed by atoms with E-state index in [1.165, 1.54) is 25.7 Å². The van der Waals surface area contributed by atoms with Crippen LogP contribution in [0.25, 0.3) is 0 Å². The first-order chi connectivity index (χ1) is 8.54. The van der Waals surface area contributed by atoms with Gasteiger partial charge in [-0.1, -0.05) is 32.6 Å². The molecule has 3 heteroatoms. The predicted molar refractivity (Wildman–Crippen MR) is 73.9 cm³/mol. The Hall–Kier alpha value is -1.25. The normalized spacial score (nSPS) is 12.4. The third-order valence-electron chi connectivity index (χ3n) is 3.15. The minimum absolute atomic E-state index is 0.0210. The number of carbonyl (C=O) groups excluding carboxylic acids is 1. The maximum absolute atomic E-state index is 12.0. The summed E-state index contributed by atoms with van der Waals surface area (Å²) in [5.74, 6) is 1.46. The first-order valence-electron chi connectivity index (χ1n) is 6.92. The monoisotopic (exact) mass is 251 g/mol. The van der Waals surface area contributed by atoms with Gasteiger partial charge in [0.15, 0.2) is 0 Å². The lowest BCUT2D eigenvalue weighted by molar-refractivity contribution is 0.0936. The summed E-state index contributed by atoms with van der Waals surface area (Å²) in [6.45, 7) is 7.95. The standard InChI is InChI=1S/C15H25NO2/c1-5-6-7-8-9-11(2)16-15(17)14-10-12(3)18-13(14)4/h10-11H,5-9H2,1-4H3,(H,16,17). The lowest BCUT2D eigenvalue weighted by atomic mass is 10.1. The Kier molecular flexibility index (Phi) is 5.96. The smallest absolute Gasteiger partial charge is 0.255 e. The van der Waals surface area contributed by atoms with E-state index in [4.69, 9.17) is 4.42 Å². The summed E-state index contributed by atoms with van der Waals surface area (Å²) < 4.78 is 5.37. The van der Waals surface area contributed by atoms with Crippen LogP contribution >= 0.6 is 0 Å². The van der Waals surface area contributed by atoms with Gasteiger partial charge in [0.05, 0.1) is 5.56 Å². The van der Waals surface area contributed by atoms with Gasteiger partial charge < -0.3 is 9.73 Å². The number of rotatable bonds is 7. The number of nitrogens with one attached hydrogen (secondary N) is 1. The molecule has 0 fully saturated rings. The molecule has 3 nitrogen and oxygen atoms in total. The Labute approximate surface area is 110 Å². The maximum Gasteiger partial charge on any atom is 0.255 e. The second-order valence-electron chi connectivity index (χ2n) is 5.05. The van der Waals surface area contributed by atoms with Crippen molar-refractivity contribution in [2.75, 3.05) is 0 Å². The van der Waals surface area contributed by atoms with E-state index >= 15 is 0 Å². The average molecular weight is 251 g/mol. The molecule has 1 rings (SSSR count). The number of aryl methyl sites for hydroxylation is 2. The van der Waals surface area contributed by atoms with Crippen molar-refractivity contribution in [3.05, 3.63) is 23.2 Å².